The van der Waals surface area contributed by atoms with Crippen molar-refractivity contribution in [2.24, 2.45) is 4.99 Å². The molecule has 5 heteroatoms. The molecule has 0 saturated heterocycles. The molecule has 84 valence electrons. The van der Waals surface area contributed by atoms with Crippen molar-refractivity contribution in [2.45, 2.75) is 13.5 Å². The lowest BCUT2D eigenvalue weighted by atomic mass is 10.1. The van der Waals surface area contributed by atoms with E-state index in [1.54, 1.807) is 0 Å². The van der Waals surface area contributed by atoms with Gasteiger partial charge in [0.15, 0.2) is 11.5 Å². The lowest BCUT2D eigenvalue weighted by molar-refractivity contribution is 0.171. The molecule has 1 aliphatic rings. The third-order valence-corrected chi connectivity index (χ3v) is 2.80. The Labute approximate surface area is 97.8 Å². The monoisotopic (exact) mass is 239 g/mol. The number of rotatable bonds is 2. The molecule has 1 heterocycles. The van der Waals surface area contributed by atoms with Crippen molar-refractivity contribution in [3.05, 3.63) is 22.2 Å². The van der Waals surface area contributed by atoms with E-state index in [2.05, 4.69) is 4.99 Å². The molecule has 1 aromatic rings. The lowest BCUT2D eigenvalue weighted by Crippen LogP contribution is -2.16. The van der Waals surface area contributed by atoms with Crippen LogP contribution >= 0.6 is 11.6 Å². The van der Waals surface area contributed by atoms with Gasteiger partial charge in [-0.2, -0.15) is 0 Å². The van der Waals surface area contributed by atoms with Gasteiger partial charge in [-0.25, -0.2) is 9.79 Å². The van der Waals surface area contributed by atoms with Crippen molar-refractivity contribution >= 4 is 17.7 Å². The molecule has 0 spiro atoms. The molecule has 0 aliphatic carbocycles. The number of isocyanates is 1. The molecule has 0 aromatic heterocycles. The number of ether oxygens (including phenoxy) is 2. The van der Waals surface area contributed by atoms with Crippen LogP contribution in [0.3, 0.4) is 0 Å². The topological polar surface area (TPSA) is 47.9 Å². The summed E-state index contributed by atoms with van der Waals surface area (Å²) < 4.78 is 10.9. The van der Waals surface area contributed by atoms with Gasteiger partial charge >= 0.3 is 0 Å². The van der Waals surface area contributed by atoms with Crippen molar-refractivity contribution in [3.63, 3.8) is 0 Å². The fraction of sp³-hybridized carbons (Fsp3) is 0.364. The molecular weight excluding hydrogens is 230 g/mol. The van der Waals surface area contributed by atoms with Crippen molar-refractivity contribution in [2.75, 3.05) is 13.2 Å². The number of hydrogen-bond acceptors (Lipinski definition) is 4. The number of hydrogen-bond donors (Lipinski definition) is 0. The quantitative estimate of drug-likeness (QED) is 0.588. The molecule has 0 amide bonds. The highest BCUT2D eigenvalue weighted by Gasteiger charge is 2.19. The van der Waals surface area contributed by atoms with Crippen LogP contribution in [-0.4, -0.2) is 19.3 Å². The van der Waals surface area contributed by atoms with Crippen LogP contribution in [0.15, 0.2) is 11.1 Å². The smallest absolute Gasteiger partial charge is 0.235 e. The Morgan fingerprint density at radius 1 is 1.50 bits per heavy atom. The second-order valence-corrected chi connectivity index (χ2v) is 3.80. The van der Waals surface area contributed by atoms with Crippen LogP contribution < -0.4 is 9.47 Å². The van der Waals surface area contributed by atoms with Crippen LogP contribution in [0.2, 0.25) is 5.02 Å². The standard InChI is InChI=1S/C11H10ClNO3/c1-7-4-9-11(16-3-2-15-9)10(12)8(7)5-13-6-14/h4H,2-3,5H2,1H3. The summed E-state index contributed by atoms with van der Waals surface area (Å²) in [6.45, 7) is 3.10. The first-order valence-corrected chi connectivity index (χ1v) is 5.23. The molecule has 0 N–H and O–H groups in total. The fourth-order valence-electron chi connectivity index (χ4n) is 1.61. The minimum absolute atomic E-state index is 0.213. The Morgan fingerprint density at radius 3 is 3.00 bits per heavy atom. The number of nitrogens with zero attached hydrogens (tertiary/aromatic N) is 1. The van der Waals surface area contributed by atoms with E-state index in [1.807, 2.05) is 13.0 Å². The maximum atomic E-state index is 10.1. The van der Waals surface area contributed by atoms with Crippen molar-refractivity contribution in [1.29, 1.82) is 0 Å². The second-order valence-electron chi connectivity index (χ2n) is 3.42. The highest BCUT2D eigenvalue weighted by Crippen LogP contribution is 2.41. The normalized spacial score (nSPS) is 13.1. The van der Waals surface area contributed by atoms with Gasteiger partial charge in [0.1, 0.15) is 13.2 Å². The largest absolute Gasteiger partial charge is 0.486 e. The van der Waals surface area contributed by atoms with E-state index in [0.29, 0.717) is 29.7 Å². The summed E-state index contributed by atoms with van der Waals surface area (Å²) in [6, 6.07) is 1.84. The summed E-state index contributed by atoms with van der Waals surface area (Å²) in [5.74, 6) is 1.18. The van der Waals surface area contributed by atoms with E-state index >= 15 is 0 Å². The zero-order valence-corrected chi connectivity index (χ0v) is 9.50. The number of aryl methyl sites for hydroxylation is 1. The van der Waals surface area contributed by atoms with Gasteiger partial charge in [-0.1, -0.05) is 11.6 Å². The summed E-state index contributed by atoms with van der Waals surface area (Å²) in [5, 5.41) is 0.466. The molecule has 0 bridgehead atoms. The fourth-order valence-corrected chi connectivity index (χ4v) is 1.97. The highest BCUT2D eigenvalue weighted by molar-refractivity contribution is 6.33. The second kappa shape index (κ2) is 4.56. The highest BCUT2D eigenvalue weighted by atomic mass is 35.5. The molecule has 16 heavy (non-hydrogen) atoms. The molecule has 2 rings (SSSR count). The predicted molar refractivity (Wildman–Crippen MR) is 59.0 cm³/mol. The van der Waals surface area contributed by atoms with E-state index in [1.165, 1.54) is 6.08 Å². The van der Waals surface area contributed by atoms with Crippen LogP contribution in [0, 0.1) is 6.92 Å². The number of aliphatic imine (C=N–C) groups is 1. The summed E-state index contributed by atoms with van der Waals surface area (Å²) in [6.07, 6.45) is 1.49. The molecule has 0 unspecified atom stereocenters. The van der Waals surface area contributed by atoms with E-state index in [4.69, 9.17) is 21.1 Å². The van der Waals surface area contributed by atoms with E-state index in [-0.39, 0.29) is 6.54 Å². The van der Waals surface area contributed by atoms with Gasteiger partial charge in [-0.15, -0.1) is 0 Å². The molecule has 0 saturated carbocycles. The summed E-state index contributed by atoms with van der Waals surface area (Å²) >= 11 is 6.17. The Balaban J connectivity index is 2.49. The van der Waals surface area contributed by atoms with Gasteiger partial charge in [-0.05, 0) is 24.1 Å². The van der Waals surface area contributed by atoms with E-state index in [0.717, 1.165) is 11.1 Å². The minimum Gasteiger partial charge on any atom is -0.486 e. The SMILES string of the molecule is Cc1cc2c(c(Cl)c1CN=C=O)OCCO2. The third-order valence-electron chi connectivity index (χ3n) is 2.40. The maximum absolute atomic E-state index is 10.1. The number of benzene rings is 1. The molecule has 0 radical (unpaired) electrons. The molecule has 4 nitrogen and oxygen atoms in total. The van der Waals surface area contributed by atoms with Crippen molar-refractivity contribution in [1.82, 2.24) is 0 Å². The first kappa shape index (κ1) is 11.0. The van der Waals surface area contributed by atoms with Gasteiger partial charge in [0, 0.05) is 0 Å². The van der Waals surface area contributed by atoms with E-state index < -0.39 is 0 Å². The molecular formula is C11H10ClNO3. The Morgan fingerprint density at radius 2 is 2.25 bits per heavy atom. The predicted octanol–water partition coefficient (Wildman–Crippen LogP) is 2.26. The molecule has 0 atom stereocenters. The van der Waals surface area contributed by atoms with Gasteiger partial charge in [0.05, 0.1) is 11.6 Å². The van der Waals surface area contributed by atoms with Gasteiger partial charge in [0.25, 0.3) is 0 Å². The molecule has 1 aromatic carbocycles. The Kier molecular flexibility index (Phi) is 3.13. The Hall–Kier alpha value is -1.51. The lowest BCUT2D eigenvalue weighted by Gasteiger charge is -2.21. The summed E-state index contributed by atoms with van der Waals surface area (Å²) in [4.78, 5) is 13.6. The van der Waals surface area contributed by atoms with Gasteiger partial charge < -0.3 is 9.47 Å². The van der Waals surface area contributed by atoms with Crippen molar-refractivity contribution < 1.29 is 14.3 Å². The first-order valence-electron chi connectivity index (χ1n) is 4.85. The minimum atomic E-state index is 0.213. The summed E-state index contributed by atoms with van der Waals surface area (Å²) in [7, 11) is 0. The average molecular weight is 240 g/mol. The Bertz CT molecular complexity index is 467. The van der Waals surface area contributed by atoms with E-state index in [9.17, 15) is 4.79 Å². The zero-order chi connectivity index (χ0) is 11.5. The van der Waals surface area contributed by atoms with Crippen LogP contribution in [0.5, 0.6) is 11.5 Å². The van der Waals surface area contributed by atoms with Gasteiger partial charge in [0.2, 0.25) is 6.08 Å². The van der Waals surface area contributed by atoms with Gasteiger partial charge in [-0.3, -0.25) is 0 Å². The maximum Gasteiger partial charge on any atom is 0.235 e. The molecule has 1 aliphatic heterocycles. The summed E-state index contributed by atoms with van der Waals surface area (Å²) in [5.41, 5.74) is 1.70. The van der Waals surface area contributed by atoms with Crippen LogP contribution in [0.25, 0.3) is 0 Å². The average Bonchev–Trinajstić information content (AvgIpc) is 2.29. The number of carbonyl (C=O) groups excluding carboxylic acids is 1. The van der Waals surface area contributed by atoms with Crippen LogP contribution in [-0.2, 0) is 11.3 Å². The zero-order valence-electron chi connectivity index (χ0n) is 8.75. The third kappa shape index (κ3) is 1.90. The van der Waals surface area contributed by atoms with Crippen LogP contribution in [0.4, 0.5) is 0 Å². The van der Waals surface area contributed by atoms with Crippen LogP contribution in [0.1, 0.15) is 11.1 Å². The van der Waals surface area contributed by atoms with Crippen molar-refractivity contribution in [3.8, 4) is 11.5 Å². The number of fused-ring (bicyclic) bond motifs is 1. The number of halogens is 1. The first-order chi connectivity index (χ1) is 7.74. The molecule has 0 fully saturated rings.